The average molecular weight is 309 g/mol. The Bertz CT molecular complexity index is 496. The Labute approximate surface area is 134 Å². The van der Waals surface area contributed by atoms with Gasteiger partial charge in [0.15, 0.2) is 0 Å². The van der Waals surface area contributed by atoms with Crippen LogP contribution in [0.3, 0.4) is 0 Å². The molecule has 1 heterocycles. The SMILES string of the molecule is CCCNCc1cc2c(cc1Cl)N(CC)C(C)(C)C[C@H]2C. The largest absolute Gasteiger partial charge is 0.366 e. The summed E-state index contributed by atoms with van der Waals surface area (Å²) < 4.78 is 0. The minimum Gasteiger partial charge on any atom is -0.366 e. The maximum absolute atomic E-state index is 6.54. The van der Waals surface area contributed by atoms with Crippen molar-refractivity contribution < 1.29 is 0 Å². The fraction of sp³-hybridized carbons (Fsp3) is 0.667. The molecule has 0 radical (unpaired) electrons. The summed E-state index contributed by atoms with van der Waals surface area (Å²) in [5.74, 6) is 0.583. The van der Waals surface area contributed by atoms with Crippen molar-refractivity contribution in [2.24, 2.45) is 0 Å². The van der Waals surface area contributed by atoms with Gasteiger partial charge < -0.3 is 10.2 Å². The van der Waals surface area contributed by atoms with Crippen molar-refractivity contribution in [3.63, 3.8) is 0 Å². The van der Waals surface area contributed by atoms with Crippen molar-refractivity contribution >= 4 is 17.3 Å². The minimum atomic E-state index is 0.201. The van der Waals surface area contributed by atoms with Crippen LogP contribution in [0.15, 0.2) is 12.1 Å². The van der Waals surface area contributed by atoms with Crippen LogP contribution in [0.2, 0.25) is 5.02 Å². The molecule has 2 rings (SSSR count). The summed E-state index contributed by atoms with van der Waals surface area (Å²) in [6.07, 6.45) is 2.34. The summed E-state index contributed by atoms with van der Waals surface area (Å²) in [6.45, 7) is 14.3. The van der Waals surface area contributed by atoms with Gasteiger partial charge in [0.1, 0.15) is 0 Å². The van der Waals surface area contributed by atoms with Gasteiger partial charge in [-0.3, -0.25) is 0 Å². The molecule has 1 aromatic rings. The van der Waals surface area contributed by atoms with Gasteiger partial charge >= 0.3 is 0 Å². The Balaban J connectivity index is 2.37. The van der Waals surface area contributed by atoms with Crippen molar-refractivity contribution in [2.75, 3.05) is 18.0 Å². The molecule has 2 nitrogen and oxygen atoms in total. The van der Waals surface area contributed by atoms with Gasteiger partial charge in [0.2, 0.25) is 0 Å². The van der Waals surface area contributed by atoms with E-state index in [4.69, 9.17) is 11.6 Å². The lowest BCUT2D eigenvalue weighted by atomic mass is 9.79. The summed E-state index contributed by atoms with van der Waals surface area (Å²) in [5.41, 5.74) is 4.21. The van der Waals surface area contributed by atoms with E-state index in [2.05, 4.69) is 57.0 Å². The normalized spacial score (nSPS) is 20.5. The van der Waals surface area contributed by atoms with Crippen LogP contribution < -0.4 is 10.2 Å². The van der Waals surface area contributed by atoms with Gasteiger partial charge in [0.05, 0.1) is 0 Å². The van der Waals surface area contributed by atoms with Crippen molar-refractivity contribution in [3.05, 3.63) is 28.3 Å². The number of anilines is 1. The van der Waals surface area contributed by atoms with Crippen LogP contribution in [-0.2, 0) is 6.54 Å². The number of fused-ring (bicyclic) bond motifs is 1. The van der Waals surface area contributed by atoms with E-state index in [0.717, 1.165) is 31.1 Å². The molecule has 118 valence electrons. The lowest BCUT2D eigenvalue weighted by Crippen LogP contribution is -2.48. The van der Waals surface area contributed by atoms with Crippen molar-refractivity contribution in [1.29, 1.82) is 0 Å². The lowest BCUT2D eigenvalue weighted by molar-refractivity contribution is 0.381. The Morgan fingerprint density at radius 1 is 1.33 bits per heavy atom. The van der Waals surface area contributed by atoms with Gasteiger partial charge in [-0.15, -0.1) is 0 Å². The molecule has 1 aliphatic heterocycles. The molecule has 0 spiro atoms. The summed E-state index contributed by atoms with van der Waals surface area (Å²) in [4.78, 5) is 2.50. The van der Waals surface area contributed by atoms with Crippen LogP contribution in [0.25, 0.3) is 0 Å². The van der Waals surface area contributed by atoms with Crippen LogP contribution in [-0.4, -0.2) is 18.6 Å². The molecule has 1 aliphatic rings. The minimum absolute atomic E-state index is 0.201. The highest BCUT2D eigenvalue weighted by molar-refractivity contribution is 6.31. The second-order valence-electron chi connectivity index (χ2n) is 6.84. The molecule has 0 saturated heterocycles. The second-order valence-corrected chi connectivity index (χ2v) is 7.25. The summed E-state index contributed by atoms with van der Waals surface area (Å²) in [7, 11) is 0. The maximum atomic E-state index is 6.54. The maximum Gasteiger partial charge on any atom is 0.0471 e. The van der Waals surface area contributed by atoms with Gasteiger partial charge in [0, 0.05) is 29.3 Å². The zero-order valence-corrected chi connectivity index (χ0v) is 14.8. The average Bonchev–Trinajstić information content (AvgIpc) is 2.39. The van der Waals surface area contributed by atoms with Crippen molar-refractivity contribution in [2.45, 2.75) is 65.5 Å². The number of hydrogen-bond acceptors (Lipinski definition) is 2. The fourth-order valence-electron chi connectivity index (χ4n) is 3.68. The van der Waals surface area contributed by atoms with Crippen LogP contribution in [0.1, 0.15) is 64.5 Å². The number of hydrogen-bond donors (Lipinski definition) is 1. The van der Waals surface area contributed by atoms with E-state index in [1.54, 1.807) is 0 Å². The molecule has 0 aliphatic carbocycles. The van der Waals surface area contributed by atoms with E-state index in [1.807, 2.05) is 0 Å². The first-order valence-corrected chi connectivity index (χ1v) is 8.59. The first-order chi connectivity index (χ1) is 9.90. The number of halogens is 1. The van der Waals surface area contributed by atoms with E-state index in [9.17, 15) is 0 Å². The summed E-state index contributed by atoms with van der Waals surface area (Å²) >= 11 is 6.54. The van der Waals surface area contributed by atoms with Gasteiger partial charge in [-0.2, -0.15) is 0 Å². The number of nitrogens with one attached hydrogen (secondary N) is 1. The molecule has 1 N–H and O–H groups in total. The van der Waals surface area contributed by atoms with Crippen LogP contribution >= 0.6 is 11.6 Å². The van der Waals surface area contributed by atoms with Crippen molar-refractivity contribution in [1.82, 2.24) is 5.32 Å². The van der Waals surface area contributed by atoms with Crippen molar-refractivity contribution in [3.8, 4) is 0 Å². The zero-order chi connectivity index (χ0) is 15.6. The van der Waals surface area contributed by atoms with Gasteiger partial charge in [-0.1, -0.05) is 31.5 Å². The topological polar surface area (TPSA) is 15.3 Å². The molecular formula is C18H29ClN2. The molecule has 1 aromatic carbocycles. The molecule has 0 amide bonds. The Morgan fingerprint density at radius 3 is 2.67 bits per heavy atom. The molecule has 3 heteroatoms. The van der Waals surface area contributed by atoms with E-state index in [1.165, 1.54) is 23.2 Å². The Hall–Kier alpha value is -0.730. The predicted molar refractivity (Wildman–Crippen MR) is 93.6 cm³/mol. The first kappa shape index (κ1) is 16.6. The van der Waals surface area contributed by atoms with Crippen LogP contribution in [0.5, 0.6) is 0 Å². The molecule has 0 unspecified atom stereocenters. The third kappa shape index (κ3) is 3.37. The van der Waals surface area contributed by atoms with E-state index in [0.29, 0.717) is 5.92 Å². The van der Waals surface area contributed by atoms with Gasteiger partial charge in [-0.25, -0.2) is 0 Å². The molecule has 1 atom stereocenters. The van der Waals surface area contributed by atoms with Gasteiger partial charge in [-0.05, 0) is 63.3 Å². The van der Waals surface area contributed by atoms with E-state index < -0.39 is 0 Å². The summed E-state index contributed by atoms with van der Waals surface area (Å²) in [6, 6.07) is 4.50. The predicted octanol–water partition coefficient (Wildman–Crippen LogP) is 4.95. The van der Waals surface area contributed by atoms with E-state index >= 15 is 0 Å². The third-order valence-corrected chi connectivity index (χ3v) is 4.96. The molecule has 0 fully saturated rings. The lowest BCUT2D eigenvalue weighted by Gasteiger charge is -2.47. The molecule has 0 aromatic heterocycles. The number of rotatable bonds is 5. The van der Waals surface area contributed by atoms with Crippen LogP contribution in [0, 0.1) is 0 Å². The Kier molecular flexibility index (Phi) is 5.21. The number of benzene rings is 1. The molecule has 0 bridgehead atoms. The molecule has 0 saturated carbocycles. The highest BCUT2D eigenvalue weighted by Gasteiger charge is 2.35. The second kappa shape index (κ2) is 6.58. The quantitative estimate of drug-likeness (QED) is 0.774. The van der Waals surface area contributed by atoms with Gasteiger partial charge in [0.25, 0.3) is 0 Å². The smallest absolute Gasteiger partial charge is 0.0471 e. The first-order valence-electron chi connectivity index (χ1n) is 8.21. The van der Waals surface area contributed by atoms with Crippen LogP contribution in [0.4, 0.5) is 5.69 Å². The molecular weight excluding hydrogens is 280 g/mol. The third-order valence-electron chi connectivity index (χ3n) is 4.61. The molecule has 21 heavy (non-hydrogen) atoms. The standard InChI is InChI=1S/C18H29ClN2/c1-6-8-20-12-14-9-15-13(3)11-18(4,5)21(7-2)17(15)10-16(14)19/h9-10,13,20H,6-8,11-12H2,1-5H3/t13-/m1/s1. The number of nitrogens with zero attached hydrogens (tertiary/aromatic N) is 1. The highest BCUT2D eigenvalue weighted by Crippen LogP contribution is 2.44. The highest BCUT2D eigenvalue weighted by atomic mass is 35.5. The monoisotopic (exact) mass is 308 g/mol. The fourth-order valence-corrected chi connectivity index (χ4v) is 3.91. The zero-order valence-electron chi connectivity index (χ0n) is 14.1. The summed E-state index contributed by atoms with van der Waals surface area (Å²) in [5, 5.41) is 4.35. The Morgan fingerprint density at radius 2 is 2.05 bits per heavy atom. The van der Waals surface area contributed by atoms with E-state index in [-0.39, 0.29) is 5.54 Å².